The summed E-state index contributed by atoms with van der Waals surface area (Å²) >= 11 is 0. The van der Waals surface area contributed by atoms with E-state index in [0.29, 0.717) is 6.04 Å². The Labute approximate surface area is 105 Å². The first-order valence-corrected chi connectivity index (χ1v) is 6.65. The van der Waals surface area contributed by atoms with E-state index in [1.807, 2.05) is 0 Å². The average molecular weight is 232 g/mol. The van der Waals surface area contributed by atoms with E-state index < -0.39 is 0 Å². The Kier molecular flexibility index (Phi) is 4.19. The number of rotatable bonds is 6. The number of hydrogen-bond acceptors (Lipinski definition) is 2. The molecule has 0 bridgehead atoms. The summed E-state index contributed by atoms with van der Waals surface area (Å²) in [5.41, 5.74) is 2.70. The lowest BCUT2D eigenvalue weighted by molar-refractivity contribution is 0.241. The molecule has 1 aliphatic carbocycles. The summed E-state index contributed by atoms with van der Waals surface area (Å²) in [7, 11) is 2.25. The molecule has 17 heavy (non-hydrogen) atoms. The first-order valence-electron chi connectivity index (χ1n) is 6.65. The zero-order valence-electron chi connectivity index (χ0n) is 11.2. The minimum atomic E-state index is 0.632. The standard InChI is InChI=1S/C15H24N2/c1-12-4-6-14(7-5-12)11-16-10-13(2)17(3)15-8-9-15/h4-7,13,15-16H,8-11H2,1-3H3. The highest BCUT2D eigenvalue weighted by Crippen LogP contribution is 2.26. The molecule has 1 aromatic rings. The predicted molar refractivity (Wildman–Crippen MR) is 73.1 cm³/mol. The number of nitrogens with one attached hydrogen (secondary N) is 1. The van der Waals surface area contributed by atoms with Crippen LogP contribution in [0.25, 0.3) is 0 Å². The quantitative estimate of drug-likeness (QED) is 0.811. The molecule has 1 aliphatic rings. The van der Waals surface area contributed by atoms with Crippen LogP contribution in [0.3, 0.4) is 0 Å². The van der Waals surface area contributed by atoms with Crippen molar-refractivity contribution < 1.29 is 0 Å². The van der Waals surface area contributed by atoms with E-state index in [1.54, 1.807) is 0 Å². The van der Waals surface area contributed by atoms with Gasteiger partial charge in [0.15, 0.2) is 0 Å². The number of likely N-dealkylation sites (N-methyl/N-ethyl adjacent to an activating group) is 1. The molecule has 0 aromatic heterocycles. The highest BCUT2D eigenvalue weighted by atomic mass is 15.2. The van der Waals surface area contributed by atoms with Gasteiger partial charge in [0.1, 0.15) is 0 Å². The highest BCUT2D eigenvalue weighted by molar-refractivity contribution is 5.21. The van der Waals surface area contributed by atoms with E-state index in [1.165, 1.54) is 24.0 Å². The van der Waals surface area contributed by atoms with Gasteiger partial charge in [-0.15, -0.1) is 0 Å². The van der Waals surface area contributed by atoms with E-state index in [9.17, 15) is 0 Å². The molecule has 2 nitrogen and oxygen atoms in total. The Balaban J connectivity index is 1.69. The van der Waals surface area contributed by atoms with Crippen molar-refractivity contribution >= 4 is 0 Å². The lowest BCUT2D eigenvalue weighted by atomic mass is 10.1. The van der Waals surface area contributed by atoms with Gasteiger partial charge >= 0.3 is 0 Å². The molecule has 1 aromatic carbocycles. The van der Waals surface area contributed by atoms with Gasteiger partial charge in [-0.3, -0.25) is 4.90 Å². The normalized spacial score (nSPS) is 17.4. The van der Waals surface area contributed by atoms with Crippen molar-refractivity contribution in [2.24, 2.45) is 0 Å². The summed E-state index contributed by atoms with van der Waals surface area (Å²) in [5.74, 6) is 0. The molecule has 1 atom stereocenters. The smallest absolute Gasteiger partial charge is 0.0206 e. The van der Waals surface area contributed by atoms with Crippen LogP contribution >= 0.6 is 0 Å². The van der Waals surface area contributed by atoms with Gasteiger partial charge in [-0.2, -0.15) is 0 Å². The van der Waals surface area contributed by atoms with Crippen LogP contribution in [0.2, 0.25) is 0 Å². The molecule has 94 valence electrons. The molecule has 1 N–H and O–H groups in total. The molecule has 2 heteroatoms. The van der Waals surface area contributed by atoms with Crippen LogP contribution < -0.4 is 5.32 Å². The van der Waals surface area contributed by atoms with Crippen LogP contribution in [-0.2, 0) is 6.54 Å². The fraction of sp³-hybridized carbons (Fsp3) is 0.600. The van der Waals surface area contributed by atoms with E-state index >= 15 is 0 Å². The second kappa shape index (κ2) is 5.65. The maximum Gasteiger partial charge on any atom is 0.0206 e. The van der Waals surface area contributed by atoms with Crippen molar-refractivity contribution in [2.75, 3.05) is 13.6 Å². The van der Waals surface area contributed by atoms with Gasteiger partial charge in [-0.05, 0) is 39.3 Å². The maximum absolute atomic E-state index is 3.54. The molecule has 0 amide bonds. The lowest BCUT2D eigenvalue weighted by Gasteiger charge is -2.24. The lowest BCUT2D eigenvalue weighted by Crippen LogP contribution is -2.38. The monoisotopic (exact) mass is 232 g/mol. The fourth-order valence-electron chi connectivity index (χ4n) is 2.12. The zero-order chi connectivity index (χ0) is 12.3. The van der Waals surface area contributed by atoms with Crippen LogP contribution in [0, 0.1) is 6.92 Å². The molecule has 0 saturated heterocycles. The van der Waals surface area contributed by atoms with E-state index in [0.717, 1.165) is 19.1 Å². The summed E-state index contributed by atoms with van der Waals surface area (Å²) in [6, 6.07) is 10.3. The minimum absolute atomic E-state index is 0.632. The summed E-state index contributed by atoms with van der Waals surface area (Å²) < 4.78 is 0. The molecular formula is C15H24N2. The first-order chi connectivity index (χ1) is 8.16. The molecule has 1 saturated carbocycles. The Bertz CT molecular complexity index is 340. The van der Waals surface area contributed by atoms with Crippen LogP contribution in [-0.4, -0.2) is 30.6 Å². The Morgan fingerprint density at radius 2 is 1.94 bits per heavy atom. The van der Waals surface area contributed by atoms with Crippen LogP contribution in [0.15, 0.2) is 24.3 Å². The van der Waals surface area contributed by atoms with Crippen molar-refractivity contribution in [1.29, 1.82) is 0 Å². The van der Waals surface area contributed by atoms with E-state index in [-0.39, 0.29) is 0 Å². The van der Waals surface area contributed by atoms with Crippen molar-refractivity contribution in [1.82, 2.24) is 10.2 Å². The zero-order valence-corrected chi connectivity index (χ0v) is 11.2. The van der Waals surface area contributed by atoms with Crippen LogP contribution in [0.4, 0.5) is 0 Å². The van der Waals surface area contributed by atoms with Crippen molar-refractivity contribution in [3.05, 3.63) is 35.4 Å². The van der Waals surface area contributed by atoms with Crippen LogP contribution in [0.5, 0.6) is 0 Å². The average Bonchev–Trinajstić information content (AvgIpc) is 3.14. The number of nitrogens with zero attached hydrogens (tertiary/aromatic N) is 1. The fourth-order valence-corrected chi connectivity index (χ4v) is 2.12. The summed E-state index contributed by atoms with van der Waals surface area (Å²) in [5, 5.41) is 3.54. The molecule has 0 heterocycles. The number of hydrogen-bond donors (Lipinski definition) is 1. The number of aryl methyl sites for hydroxylation is 1. The van der Waals surface area contributed by atoms with Crippen molar-refractivity contribution in [3.63, 3.8) is 0 Å². The third-order valence-corrected chi connectivity index (χ3v) is 3.71. The van der Waals surface area contributed by atoms with Gasteiger partial charge in [-0.25, -0.2) is 0 Å². The molecular weight excluding hydrogens is 208 g/mol. The Morgan fingerprint density at radius 3 is 2.53 bits per heavy atom. The van der Waals surface area contributed by atoms with Crippen molar-refractivity contribution in [3.8, 4) is 0 Å². The highest BCUT2D eigenvalue weighted by Gasteiger charge is 2.28. The summed E-state index contributed by atoms with van der Waals surface area (Å²) in [6.45, 7) is 6.48. The molecule has 0 aliphatic heterocycles. The van der Waals surface area contributed by atoms with E-state index in [2.05, 4.69) is 55.4 Å². The molecule has 1 fully saturated rings. The topological polar surface area (TPSA) is 15.3 Å². The number of benzene rings is 1. The Morgan fingerprint density at radius 1 is 1.29 bits per heavy atom. The van der Waals surface area contributed by atoms with Gasteiger partial charge in [0, 0.05) is 25.2 Å². The minimum Gasteiger partial charge on any atom is -0.311 e. The van der Waals surface area contributed by atoms with Gasteiger partial charge in [0.25, 0.3) is 0 Å². The Hall–Kier alpha value is -0.860. The maximum atomic E-state index is 3.54. The van der Waals surface area contributed by atoms with Crippen molar-refractivity contribution in [2.45, 2.75) is 45.3 Å². The summed E-state index contributed by atoms with van der Waals surface area (Å²) in [6.07, 6.45) is 2.78. The second-order valence-electron chi connectivity index (χ2n) is 5.36. The predicted octanol–water partition coefficient (Wildman–Crippen LogP) is 2.57. The van der Waals surface area contributed by atoms with Gasteiger partial charge in [-0.1, -0.05) is 29.8 Å². The van der Waals surface area contributed by atoms with Gasteiger partial charge in [0.2, 0.25) is 0 Å². The third-order valence-electron chi connectivity index (χ3n) is 3.71. The first kappa shape index (κ1) is 12.6. The molecule has 0 spiro atoms. The van der Waals surface area contributed by atoms with Crippen LogP contribution in [0.1, 0.15) is 30.9 Å². The molecule has 1 unspecified atom stereocenters. The van der Waals surface area contributed by atoms with Gasteiger partial charge in [0.05, 0.1) is 0 Å². The molecule has 0 radical (unpaired) electrons. The third kappa shape index (κ3) is 3.83. The SMILES string of the molecule is Cc1ccc(CNCC(C)N(C)C2CC2)cc1. The second-order valence-corrected chi connectivity index (χ2v) is 5.36. The van der Waals surface area contributed by atoms with Gasteiger partial charge < -0.3 is 5.32 Å². The molecule has 2 rings (SSSR count). The van der Waals surface area contributed by atoms with E-state index in [4.69, 9.17) is 0 Å². The summed E-state index contributed by atoms with van der Waals surface area (Å²) in [4.78, 5) is 2.50. The largest absolute Gasteiger partial charge is 0.311 e.